The minimum absolute atomic E-state index is 0.100. The lowest BCUT2D eigenvalue weighted by atomic mass is 10.1. The average molecular weight is 341 g/mol. The van der Waals surface area contributed by atoms with Gasteiger partial charge in [0.15, 0.2) is 0 Å². The van der Waals surface area contributed by atoms with Crippen LogP contribution >= 0.6 is 0 Å². The molecule has 0 bridgehead atoms. The van der Waals surface area contributed by atoms with Gasteiger partial charge in [0.2, 0.25) is 10.0 Å². The van der Waals surface area contributed by atoms with Gasteiger partial charge in [-0.1, -0.05) is 30.3 Å². The number of aryl methyl sites for hydroxylation is 1. The number of aromatic nitrogens is 2. The molecule has 124 valence electrons. The van der Waals surface area contributed by atoms with E-state index < -0.39 is 10.0 Å². The van der Waals surface area contributed by atoms with Gasteiger partial charge in [-0.3, -0.25) is 4.72 Å². The molecule has 24 heavy (non-hydrogen) atoms. The lowest BCUT2D eigenvalue weighted by Gasteiger charge is -2.09. The summed E-state index contributed by atoms with van der Waals surface area (Å²) in [5.74, 6) is 0.100. The van der Waals surface area contributed by atoms with Crippen LogP contribution in [0.3, 0.4) is 0 Å². The third-order valence-electron chi connectivity index (χ3n) is 3.63. The van der Waals surface area contributed by atoms with Gasteiger partial charge in [-0.2, -0.15) is 5.10 Å². The second-order valence-corrected chi connectivity index (χ2v) is 7.35. The van der Waals surface area contributed by atoms with Gasteiger partial charge in [-0.25, -0.2) is 13.1 Å². The molecule has 6 heteroatoms. The lowest BCUT2D eigenvalue weighted by Crippen LogP contribution is -2.17. The molecule has 0 fully saturated rings. The Labute approximate surface area is 142 Å². The van der Waals surface area contributed by atoms with E-state index in [9.17, 15) is 8.42 Å². The number of anilines is 1. The van der Waals surface area contributed by atoms with Crippen molar-refractivity contribution in [2.45, 2.75) is 12.8 Å². The van der Waals surface area contributed by atoms with E-state index in [4.69, 9.17) is 0 Å². The Hall–Kier alpha value is -2.60. The first-order valence-corrected chi connectivity index (χ1v) is 9.42. The molecule has 3 aromatic rings. The zero-order chi connectivity index (χ0) is 16.8. The molecular formula is C18H19N3O2S. The minimum Gasteiger partial charge on any atom is -0.284 e. The van der Waals surface area contributed by atoms with Crippen molar-refractivity contribution in [3.63, 3.8) is 0 Å². The maximum atomic E-state index is 12.2. The predicted octanol–water partition coefficient (Wildman–Crippen LogP) is 3.25. The van der Waals surface area contributed by atoms with Gasteiger partial charge < -0.3 is 0 Å². The first kappa shape index (κ1) is 16.3. The molecule has 3 rings (SSSR count). The monoisotopic (exact) mass is 341 g/mol. The van der Waals surface area contributed by atoms with Crippen molar-refractivity contribution >= 4 is 15.7 Å². The van der Waals surface area contributed by atoms with E-state index >= 15 is 0 Å². The maximum absolute atomic E-state index is 12.2. The van der Waals surface area contributed by atoms with Crippen molar-refractivity contribution in [2.75, 3.05) is 10.5 Å². The molecule has 0 saturated heterocycles. The van der Waals surface area contributed by atoms with Crippen LogP contribution in [0.5, 0.6) is 0 Å². The molecule has 0 saturated carbocycles. The summed E-state index contributed by atoms with van der Waals surface area (Å²) in [5.41, 5.74) is 2.59. The molecule has 0 spiro atoms. The summed E-state index contributed by atoms with van der Waals surface area (Å²) in [6.07, 6.45) is 4.87. The van der Waals surface area contributed by atoms with Crippen molar-refractivity contribution in [1.29, 1.82) is 0 Å². The van der Waals surface area contributed by atoms with Crippen molar-refractivity contribution in [1.82, 2.24) is 9.78 Å². The van der Waals surface area contributed by atoms with Crippen LogP contribution in [0.25, 0.3) is 5.69 Å². The number of rotatable bonds is 7. The Bertz CT molecular complexity index is 858. The van der Waals surface area contributed by atoms with Crippen LogP contribution in [0.4, 0.5) is 5.69 Å². The van der Waals surface area contributed by atoms with Gasteiger partial charge in [0, 0.05) is 18.1 Å². The summed E-state index contributed by atoms with van der Waals surface area (Å²) in [7, 11) is -3.34. The number of benzene rings is 2. The second kappa shape index (κ2) is 7.31. The third-order valence-corrected chi connectivity index (χ3v) is 5.00. The molecule has 0 aliphatic rings. The summed E-state index contributed by atoms with van der Waals surface area (Å²) >= 11 is 0. The van der Waals surface area contributed by atoms with Crippen LogP contribution in [-0.4, -0.2) is 24.0 Å². The van der Waals surface area contributed by atoms with Crippen molar-refractivity contribution in [2.24, 2.45) is 0 Å². The van der Waals surface area contributed by atoms with Crippen LogP contribution in [0.2, 0.25) is 0 Å². The molecule has 1 aromatic heterocycles. The Morgan fingerprint density at radius 2 is 1.71 bits per heavy atom. The molecule has 0 amide bonds. The smallest absolute Gasteiger partial charge is 0.232 e. The van der Waals surface area contributed by atoms with E-state index in [0.717, 1.165) is 17.7 Å². The van der Waals surface area contributed by atoms with Gasteiger partial charge in [0.25, 0.3) is 0 Å². The summed E-state index contributed by atoms with van der Waals surface area (Å²) in [5, 5.41) is 4.14. The molecular weight excluding hydrogens is 322 g/mol. The van der Waals surface area contributed by atoms with Crippen LogP contribution in [0, 0.1) is 0 Å². The highest BCUT2D eigenvalue weighted by Gasteiger charge is 2.10. The lowest BCUT2D eigenvalue weighted by molar-refractivity contribution is 0.598. The Morgan fingerprint density at radius 1 is 0.958 bits per heavy atom. The van der Waals surface area contributed by atoms with Crippen molar-refractivity contribution in [3.8, 4) is 5.69 Å². The highest BCUT2D eigenvalue weighted by Crippen LogP contribution is 2.14. The number of nitrogens with zero attached hydrogens (tertiary/aromatic N) is 2. The van der Waals surface area contributed by atoms with E-state index in [-0.39, 0.29) is 5.75 Å². The fraction of sp³-hybridized carbons (Fsp3) is 0.167. The normalized spacial score (nSPS) is 11.3. The standard InChI is InChI=1S/C18H19N3O2S/c22-24(23,15-4-8-16-6-2-1-3-7-16)20-17-9-11-18(12-10-17)21-14-5-13-19-21/h1-3,5-7,9-14,20H,4,8,15H2. The molecule has 0 aliphatic carbocycles. The summed E-state index contributed by atoms with van der Waals surface area (Å²) in [6.45, 7) is 0. The largest absolute Gasteiger partial charge is 0.284 e. The number of nitrogens with one attached hydrogen (secondary N) is 1. The van der Waals surface area contributed by atoms with Gasteiger partial charge in [-0.05, 0) is 48.7 Å². The third kappa shape index (κ3) is 4.45. The molecule has 0 unspecified atom stereocenters. The zero-order valence-corrected chi connectivity index (χ0v) is 14.0. The van der Waals surface area contributed by atoms with E-state index in [1.807, 2.05) is 54.7 Å². The first-order valence-electron chi connectivity index (χ1n) is 7.77. The average Bonchev–Trinajstić information content (AvgIpc) is 3.10. The van der Waals surface area contributed by atoms with Crippen LogP contribution in [-0.2, 0) is 16.4 Å². The predicted molar refractivity (Wildman–Crippen MR) is 95.7 cm³/mol. The van der Waals surface area contributed by atoms with E-state index in [0.29, 0.717) is 12.1 Å². The topological polar surface area (TPSA) is 64.0 Å². The Kier molecular flexibility index (Phi) is 4.96. The fourth-order valence-electron chi connectivity index (χ4n) is 2.45. The highest BCUT2D eigenvalue weighted by atomic mass is 32.2. The van der Waals surface area contributed by atoms with Crippen molar-refractivity contribution < 1.29 is 8.42 Å². The Morgan fingerprint density at radius 3 is 2.38 bits per heavy atom. The second-order valence-electron chi connectivity index (χ2n) is 5.51. The zero-order valence-electron chi connectivity index (χ0n) is 13.2. The Balaban J connectivity index is 1.56. The number of hydrogen-bond donors (Lipinski definition) is 1. The van der Waals surface area contributed by atoms with Gasteiger partial charge >= 0.3 is 0 Å². The molecule has 0 atom stereocenters. The summed E-state index contributed by atoms with van der Waals surface area (Å²) < 4.78 is 28.7. The molecule has 0 aliphatic heterocycles. The SMILES string of the molecule is O=S(=O)(CCCc1ccccc1)Nc1ccc(-n2cccn2)cc1. The summed E-state index contributed by atoms with van der Waals surface area (Å²) in [4.78, 5) is 0. The molecule has 5 nitrogen and oxygen atoms in total. The number of hydrogen-bond acceptors (Lipinski definition) is 3. The minimum atomic E-state index is -3.34. The van der Waals surface area contributed by atoms with Crippen molar-refractivity contribution in [3.05, 3.63) is 78.6 Å². The number of sulfonamides is 1. The molecule has 0 radical (unpaired) electrons. The van der Waals surface area contributed by atoms with Gasteiger partial charge in [0.05, 0.1) is 11.4 Å². The summed E-state index contributed by atoms with van der Waals surface area (Å²) in [6, 6.07) is 18.9. The van der Waals surface area contributed by atoms with Crippen LogP contribution in [0.1, 0.15) is 12.0 Å². The van der Waals surface area contributed by atoms with E-state index in [1.54, 1.807) is 23.0 Å². The van der Waals surface area contributed by atoms with E-state index in [2.05, 4.69) is 9.82 Å². The molecule has 1 heterocycles. The molecule has 2 aromatic carbocycles. The van der Waals surface area contributed by atoms with Crippen LogP contribution in [0.15, 0.2) is 73.1 Å². The van der Waals surface area contributed by atoms with Gasteiger partial charge in [0.1, 0.15) is 0 Å². The van der Waals surface area contributed by atoms with E-state index in [1.165, 1.54) is 0 Å². The maximum Gasteiger partial charge on any atom is 0.232 e. The fourth-order valence-corrected chi connectivity index (χ4v) is 3.57. The first-order chi connectivity index (χ1) is 11.6. The highest BCUT2D eigenvalue weighted by molar-refractivity contribution is 7.92. The van der Waals surface area contributed by atoms with Gasteiger partial charge in [-0.15, -0.1) is 0 Å². The van der Waals surface area contributed by atoms with Crippen LogP contribution < -0.4 is 4.72 Å². The quantitative estimate of drug-likeness (QED) is 0.717. The molecule has 1 N–H and O–H groups in total.